The van der Waals surface area contributed by atoms with Gasteiger partial charge in [0.05, 0.1) is 11.1 Å². The number of hydrogen-bond donors (Lipinski definition) is 1. The largest absolute Gasteiger partial charge is 0.369 e. The van der Waals surface area contributed by atoms with Crippen LogP contribution in [0.5, 0.6) is 0 Å². The van der Waals surface area contributed by atoms with Crippen molar-refractivity contribution in [3.05, 3.63) is 80.4 Å². The van der Waals surface area contributed by atoms with E-state index in [1.54, 1.807) is 0 Å². The number of tetrazole rings is 1. The molecule has 1 N–H and O–H groups in total. The molecule has 0 amide bonds. The van der Waals surface area contributed by atoms with Gasteiger partial charge >= 0.3 is 0 Å². The van der Waals surface area contributed by atoms with E-state index in [-0.39, 0.29) is 17.1 Å². The fourth-order valence-electron chi connectivity index (χ4n) is 5.55. The Morgan fingerprint density at radius 1 is 0.946 bits per heavy atom. The number of aryl methyl sites for hydroxylation is 3. The molecule has 1 saturated heterocycles. The lowest BCUT2D eigenvalue weighted by Gasteiger charge is -2.40. The highest BCUT2D eigenvalue weighted by Gasteiger charge is 2.35. The molecule has 2 aromatic heterocycles. The van der Waals surface area contributed by atoms with Gasteiger partial charge in [0.2, 0.25) is 0 Å². The Balaban J connectivity index is 1.58. The van der Waals surface area contributed by atoms with E-state index in [2.05, 4.69) is 102 Å². The SMILES string of the molecule is Cc1cc(C)c2[nH]c(=O)c(C(c3nnnn3C(C)(C)C)N3CCN(c4cccc(C)c4C)CC3)cc2c1. The second-order valence-electron chi connectivity index (χ2n) is 11.4. The fourth-order valence-corrected chi connectivity index (χ4v) is 5.55. The summed E-state index contributed by atoms with van der Waals surface area (Å²) in [5.74, 6) is 0.696. The van der Waals surface area contributed by atoms with Crippen LogP contribution in [0.1, 0.15) is 60.5 Å². The maximum atomic E-state index is 13.6. The molecule has 1 aliphatic heterocycles. The van der Waals surface area contributed by atoms with Gasteiger partial charge in [-0.1, -0.05) is 23.8 Å². The summed E-state index contributed by atoms with van der Waals surface area (Å²) >= 11 is 0. The van der Waals surface area contributed by atoms with E-state index < -0.39 is 0 Å². The van der Waals surface area contributed by atoms with Gasteiger partial charge in [0.25, 0.3) is 5.56 Å². The number of piperazine rings is 1. The van der Waals surface area contributed by atoms with Crippen molar-refractivity contribution in [3.8, 4) is 0 Å². The maximum Gasteiger partial charge on any atom is 0.253 e. The smallest absolute Gasteiger partial charge is 0.253 e. The average Bonchev–Trinajstić information content (AvgIpc) is 3.33. The number of aromatic amines is 1. The van der Waals surface area contributed by atoms with Crippen LogP contribution in [0, 0.1) is 27.7 Å². The Hall–Kier alpha value is -3.52. The quantitative estimate of drug-likeness (QED) is 0.448. The van der Waals surface area contributed by atoms with Crippen molar-refractivity contribution in [1.82, 2.24) is 30.1 Å². The molecule has 0 spiro atoms. The van der Waals surface area contributed by atoms with Crippen LogP contribution in [0.25, 0.3) is 10.9 Å². The molecule has 1 aliphatic rings. The maximum absolute atomic E-state index is 13.6. The van der Waals surface area contributed by atoms with Crippen LogP contribution < -0.4 is 10.5 Å². The first kappa shape index (κ1) is 25.1. The number of H-pyrrole nitrogens is 1. The third-order valence-corrected chi connectivity index (χ3v) is 7.59. The monoisotopic (exact) mass is 499 g/mol. The number of nitrogens with zero attached hydrogens (tertiary/aromatic N) is 6. The lowest BCUT2D eigenvalue weighted by atomic mass is 9.99. The molecule has 4 aromatic rings. The Bertz CT molecular complexity index is 1500. The van der Waals surface area contributed by atoms with Gasteiger partial charge in [-0.15, -0.1) is 5.10 Å². The lowest BCUT2D eigenvalue weighted by molar-refractivity contribution is 0.190. The first-order valence-corrected chi connectivity index (χ1v) is 13.0. The van der Waals surface area contributed by atoms with Gasteiger partial charge in [-0.25, -0.2) is 4.68 Å². The molecule has 1 unspecified atom stereocenters. The van der Waals surface area contributed by atoms with Crippen molar-refractivity contribution in [2.24, 2.45) is 0 Å². The number of rotatable bonds is 4. The Morgan fingerprint density at radius 3 is 2.38 bits per heavy atom. The first-order chi connectivity index (χ1) is 17.5. The molecule has 5 rings (SSSR count). The molecule has 1 fully saturated rings. The van der Waals surface area contributed by atoms with Gasteiger partial charge in [-0.05, 0) is 99.2 Å². The Kier molecular flexibility index (Phi) is 6.40. The first-order valence-electron chi connectivity index (χ1n) is 13.0. The molecule has 1 atom stereocenters. The number of pyridine rings is 1. The van der Waals surface area contributed by atoms with Gasteiger partial charge < -0.3 is 9.88 Å². The van der Waals surface area contributed by atoms with Crippen molar-refractivity contribution in [2.75, 3.05) is 31.1 Å². The molecule has 3 heterocycles. The Labute approximate surface area is 218 Å². The third kappa shape index (κ3) is 4.66. The molecule has 0 aliphatic carbocycles. The lowest BCUT2D eigenvalue weighted by Crippen LogP contribution is -2.49. The summed E-state index contributed by atoms with van der Waals surface area (Å²) in [6.45, 7) is 18.0. The van der Waals surface area contributed by atoms with E-state index >= 15 is 0 Å². The van der Waals surface area contributed by atoms with Crippen molar-refractivity contribution in [1.29, 1.82) is 0 Å². The molecule has 8 heteroatoms. The highest BCUT2D eigenvalue weighted by atomic mass is 16.1. The number of aromatic nitrogens is 5. The standard InChI is InChI=1S/C29H37N7O/c1-18-15-20(3)25-22(16-18)17-23(28(37)30-25)26(27-31-32-33-36(27)29(5,6)7)35-13-11-34(12-14-35)24-10-8-9-19(2)21(24)4/h8-10,15-17,26H,11-14H2,1-7H3,(H,30,37). The van der Waals surface area contributed by atoms with Crippen LogP contribution in [0.4, 0.5) is 5.69 Å². The van der Waals surface area contributed by atoms with Gasteiger partial charge in [-0.3, -0.25) is 9.69 Å². The van der Waals surface area contributed by atoms with Gasteiger partial charge in [-0.2, -0.15) is 0 Å². The summed E-state index contributed by atoms with van der Waals surface area (Å²) in [4.78, 5) is 21.6. The van der Waals surface area contributed by atoms with Gasteiger partial charge in [0.1, 0.15) is 6.04 Å². The molecule has 0 radical (unpaired) electrons. The van der Waals surface area contributed by atoms with E-state index in [4.69, 9.17) is 0 Å². The highest BCUT2D eigenvalue weighted by Crippen LogP contribution is 2.32. The fraction of sp³-hybridized carbons (Fsp3) is 0.448. The van der Waals surface area contributed by atoms with E-state index in [1.165, 1.54) is 22.4 Å². The van der Waals surface area contributed by atoms with Crippen LogP contribution >= 0.6 is 0 Å². The third-order valence-electron chi connectivity index (χ3n) is 7.59. The summed E-state index contributed by atoms with van der Waals surface area (Å²) in [5.41, 5.74) is 7.28. The number of benzene rings is 2. The number of anilines is 1. The number of hydrogen-bond acceptors (Lipinski definition) is 6. The molecule has 37 heavy (non-hydrogen) atoms. The summed E-state index contributed by atoms with van der Waals surface area (Å²) < 4.78 is 1.86. The Morgan fingerprint density at radius 2 is 1.68 bits per heavy atom. The van der Waals surface area contributed by atoms with Crippen molar-refractivity contribution in [2.45, 2.75) is 60.0 Å². The van der Waals surface area contributed by atoms with Crippen molar-refractivity contribution >= 4 is 16.6 Å². The predicted molar refractivity (Wildman–Crippen MR) is 148 cm³/mol. The van der Waals surface area contributed by atoms with Crippen LogP contribution in [0.3, 0.4) is 0 Å². The predicted octanol–water partition coefficient (Wildman–Crippen LogP) is 4.41. The minimum atomic E-state index is -0.357. The minimum Gasteiger partial charge on any atom is -0.369 e. The topological polar surface area (TPSA) is 82.9 Å². The van der Waals surface area contributed by atoms with Gasteiger partial charge in [0.15, 0.2) is 5.82 Å². The van der Waals surface area contributed by atoms with E-state index in [0.717, 1.165) is 42.6 Å². The zero-order valence-corrected chi connectivity index (χ0v) is 23.0. The van der Waals surface area contributed by atoms with Crippen LogP contribution in [0.2, 0.25) is 0 Å². The summed E-state index contributed by atoms with van der Waals surface area (Å²) in [6, 6.07) is 12.4. The second-order valence-corrected chi connectivity index (χ2v) is 11.4. The zero-order valence-electron chi connectivity index (χ0n) is 23.0. The van der Waals surface area contributed by atoms with E-state index in [1.807, 2.05) is 17.7 Å². The van der Waals surface area contributed by atoms with Crippen LogP contribution in [-0.4, -0.2) is 56.3 Å². The second kappa shape index (κ2) is 9.41. The molecule has 0 saturated carbocycles. The average molecular weight is 500 g/mol. The van der Waals surface area contributed by atoms with Crippen molar-refractivity contribution < 1.29 is 0 Å². The summed E-state index contributed by atoms with van der Waals surface area (Å²) in [7, 11) is 0. The number of fused-ring (bicyclic) bond motifs is 1. The minimum absolute atomic E-state index is 0.0927. The normalized spacial score (nSPS) is 15.9. The molecule has 194 valence electrons. The van der Waals surface area contributed by atoms with Crippen LogP contribution in [-0.2, 0) is 5.54 Å². The summed E-state index contributed by atoms with van der Waals surface area (Å²) in [5, 5.41) is 13.9. The zero-order chi connectivity index (χ0) is 26.5. The number of nitrogens with one attached hydrogen (secondary N) is 1. The van der Waals surface area contributed by atoms with Crippen LogP contribution in [0.15, 0.2) is 41.2 Å². The highest BCUT2D eigenvalue weighted by molar-refractivity contribution is 5.83. The van der Waals surface area contributed by atoms with Crippen molar-refractivity contribution in [3.63, 3.8) is 0 Å². The van der Waals surface area contributed by atoms with Gasteiger partial charge in [0, 0.05) is 37.4 Å². The molecule has 2 aromatic carbocycles. The molecule has 0 bridgehead atoms. The molecular formula is C29H37N7O. The molecule has 8 nitrogen and oxygen atoms in total. The summed E-state index contributed by atoms with van der Waals surface area (Å²) in [6.07, 6.45) is 0. The van der Waals surface area contributed by atoms with E-state index in [9.17, 15) is 4.79 Å². The molecular weight excluding hydrogens is 462 g/mol. The van der Waals surface area contributed by atoms with E-state index in [0.29, 0.717) is 11.4 Å².